The third kappa shape index (κ3) is 0.877. The second kappa shape index (κ2) is 2.22. The molecule has 2 fully saturated rings. The molecule has 0 saturated heterocycles. The SMILES string of the molecule is CC12CCCC(=C=O)C1CC2. The Morgan fingerprint density at radius 2 is 2.36 bits per heavy atom. The number of fused-ring (bicyclic) bond motifs is 1. The highest BCUT2D eigenvalue weighted by atomic mass is 16.1. The van der Waals surface area contributed by atoms with Gasteiger partial charge in [0.05, 0.1) is 0 Å². The van der Waals surface area contributed by atoms with E-state index in [1.54, 1.807) is 0 Å². The van der Waals surface area contributed by atoms with Gasteiger partial charge >= 0.3 is 0 Å². The van der Waals surface area contributed by atoms with Crippen LogP contribution in [0.3, 0.4) is 0 Å². The maximum absolute atomic E-state index is 10.5. The second-order valence-corrected chi connectivity index (χ2v) is 4.23. The number of hydrogen-bond acceptors (Lipinski definition) is 1. The Hall–Kier alpha value is -0.550. The van der Waals surface area contributed by atoms with E-state index in [0.29, 0.717) is 11.3 Å². The molecule has 2 rings (SSSR count). The van der Waals surface area contributed by atoms with Gasteiger partial charge in [-0.2, -0.15) is 0 Å². The van der Waals surface area contributed by atoms with Crippen LogP contribution in [0.15, 0.2) is 5.57 Å². The fraction of sp³-hybridized carbons (Fsp3) is 0.800. The van der Waals surface area contributed by atoms with Gasteiger partial charge < -0.3 is 0 Å². The molecule has 0 heterocycles. The Balaban J connectivity index is 2.24. The summed E-state index contributed by atoms with van der Waals surface area (Å²) in [5, 5.41) is 0. The molecule has 0 spiro atoms. The van der Waals surface area contributed by atoms with Gasteiger partial charge in [0.1, 0.15) is 5.94 Å². The summed E-state index contributed by atoms with van der Waals surface area (Å²) in [6, 6.07) is 0. The van der Waals surface area contributed by atoms with Crippen LogP contribution in [0.2, 0.25) is 0 Å². The minimum atomic E-state index is 0.491. The number of hydrogen-bond donors (Lipinski definition) is 0. The van der Waals surface area contributed by atoms with Gasteiger partial charge in [0, 0.05) is 5.57 Å². The Labute approximate surface area is 67.5 Å². The molecule has 60 valence electrons. The molecule has 0 amide bonds. The molecule has 2 unspecified atom stereocenters. The molecule has 2 aliphatic carbocycles. The van der Waals surface area contributed by atoms with Gasteiger partial charge in [-0.05, 0) is 43.4 Å². The molecule has 11 heavy (non-hydrogen) atoms. The third-order valence-electron chi connectivity index (χ3n) is 3.59. The third-order valence-corrected chi connectivity index (χ3v) is 3.59. The van der Waals surface area contributed by atoms with Gasteiger partial charge in [-0.3, -0.25) is 0 Å². The maximum atomic E-state index is 10.5. The lowest BCUT2D eigenvalue weighted by Crippen LogP contribution is -2.41. The first-order valence-corrected chi connectivity index (χ1v) is 4.50. The predicted octanol–water partition coefficient (Wildman–Crippen LogP) is 2.34. The first-order chi connectivity index (χ1) is 5.26. The molecule has 2 atom stereocenters. The second-order valence-electron chi connectivity index (χ2n) is 4.23. The predicted molar refractivity (Wildman–Crippen MR) is 43.9 cm³/mol. The highest BCUT2D eigenvalue weighted by Gasteiger charge is 2.46. The van der Waals surface area contributed by atoms with E-state index in [-0.39, 0.29) is 0 Å². The van der Waals surface area contributed by atoms with Crippen molar-refractivity contribution in [3.05, 3.63) is 5.57 Å². The van der Waals surface area contributed by atoms with Crippen LogP contribution in [0, 0.1) is 11.3 Å². The van der Waals surface area contributed by atoms with E-state index in [4.69, 9.17) is 0 Å². The largest absolute Gasteiger partial charge is 0.234 e. The van der Waals surface area contributed by atoms with Crippen LogP contribution >= 0.6 is 0 Å². The van der Waals surface area contributed by atoms with Crippen LogP contribution in [0.5, 0.6) is 0 Å². The molecule has 0 aromatic heterocycles. The van der Waals surface area contributed by atoms with Crippen LogP contribution in [-0.2, 0) is 4.79 Å². The molecule has 0 bridgehead atoms. The van der Waals surface area contributed by atoms with Crippen molar-refractivity contribution < 1.29 is 4.79 Å². The summed E-state index contributed by atoms with van der Waals surface area (Å²) >= 11 is 0. The molecule has 0 aromatic carbocycles. The first kappa shape index (κ1) is 7.12. The summed E-state index contributed by atoms with van der Waals surface area (Å²) < 4.78 is 0. The van der Waals surface area contributed by atoms with E-state index in [2.05, 4.69) is 12.9 Å². The van der Waals surface area contributed by atoms with Gasteiger partial charge in [-0.25, -0.2) is 4.79 Å². The van der Waals surface area contributed by atoms with Crippen molar-refractivity contribution in [2.24, 2.45) is 11.3 Å². The van der Waals surface area contributed by atoms with Gasteiger partial charge in [-0.1, -0.05) is 6.92 Å². The summed E-state index contributed by atoms with van der Waals surface area (Å²) in [5.74, 6) is 2.73. The van der Waals surface area contributed by atoms with Crippen molar-refractivity contribution in [3.8, 4) is 0 Å². The zero-order chi connectivity index (χ0) is 7.90. The average Bonchev–Trinajstić information content (AvgIpc) is 1.98. The van der Waals surface area contributed by atoms with Gasteiger partial charge in [0.25, 0.3) is 0 Å². The van der Waals surface area contributed by atoms with Crippen LogP contribution in [-0.4, -0.2) is 5.94 Å². The van der Waals surface area contributed by atoms with E-state index in [1.807, 2.05) is 0 Å². The Bertz CT molecular complexity index is 225. The van der Waals surface area contributed by atoms with E-state index >= 15 is 0 Å². The van der Waals surface area contributed by atoms with Gasteiger partial charge in [-0.15, -0.1) is 0 Å². The molecule has 2 aliphatic rings. The minimum absolute atomic E-state index is 0.491. The molecule has 0 aliphatic heterocycles. The first-order valence-electron chi connectivity index (χ1n) is 4.50. The van der Waals surface area contributed by atoms with Gasteiger partial charge in [0.2, 0.25) is 0 Å². The van der Waals surface area contributed by atoms with Crippen molar-refractivity contribution in [1.82, 2.24) is 0 Å². The maximum Gasteiger partial charge on any atom is 0.123 e. The average molecular weight is 150 g/mol. The van der Waals surface area contributed by atoms with E-state index in [0.717, 1.165) is 12.0 Å². The lowest BCUT2D eigenvalue weighted by atomic mass is 9.53. The van der Waals surface area contributed by atoms with Gasteiger partial charge in [0.15, 0.2) is 0 Å². The van der Waals surface area contributed by atoms with Crippen molar-refractivity contribution in [2.45, 2.75) is 39.0 Å². The van der Waals surface area contributed by atoms with Crippen LogP contribution in [0.1, 0.15) is 39.0 Å². The Kier molecular flexibility index (Phi) is 1.43. The topological polar surface area (TPSA) is 17.1 Å². The van der Waals surface area contributed by atoms with Crippen LogP contribution in [0.4, 0.5) is 0 Å². The smallest absolute Gasteiger partial charge is 0.123 e. The summed E-state index contributed by atoms with van der Waals surface area (Å²) in [7, 11) is 0. The molecule has 1 nitrogen and oxygen atoms in total. The summed E-state index contributed by atoms with van der Waals surface area (Å²) in [6.45, 7) is 2.32. The summed E-state index contributed by atoms with van der Waals surface area (Å²) in [6.07, 6.45) is 6.11. The van der Waals surface area contributed by atoms with E-state index in [1.165, 1.54) is 25.7 Å². The zero-order valence-corrected chi connectivity index (χ0v) is 7.02. The molecule has 1 heteroatoms. The minimum Gasteiger partial charge on any atom is -0.234 e. The van der Waals surface area contributed by atoms with Crippen molar-refractivity contribution >= 4 is 5.94 Å². The zero-order valence-electron chi connectivity index (χ0n) is 7.02. The standard InChI is InChI=1S/C10H14O/c1-10-5-2-3-8(7-11)9(10)4-6-10/h9H,2-6H2,1H3. The molecular formula is C10H14O. The summed E-state index contributed by atoms with van der Waals surface area (Å²) in [4.78, 5) is 10.5. The molecular weight excluding hydrogens is 136 g/mol. The van der Waals surface area contributed by atoms with Crippen molar-refractivity contribution in [3.63, 3.8) is 0 Å². The number of rotatable bonds is 0. The van der Waals surface area contributed by atoms with Crippen LogP contribution < -0.4 is 0 Å². The van der Waals surface area contributed by atoms with Crippen LogP contribution in [0.25, 0.3) is 0 Å². The molecule has 0 aromatic rings. The van der Waals surface area contributed by atoms with E-state index in [9.17, 15) is 4.79 Å². The lowest BCUT2D eigenvalue weighted by molar-refractivity contribution is 0.0464. The monoisotopic (exact) mass is 150 g/mol. The fourth-order valence-electron chi connectivity index (χ4n) is 2.65. The highest BCUT2D eigenvalue weighted by Crippen LogP contribution is 2.56. The Morgan fingerprint density at radius 1 is 1.55 bits per heavy atom. The van der Waals surface area contributed by atoms with Crippen molar-refractivity contribution in [2.75, 3.05) is 0 Å². The lowest BCUT2D eigenvalue weighted by Gasteiger charge is -2.50. The molecule has 0 radical (unpaired) electrons. The summed E-state index contributed by atoms with van der Waals surface area (Å²) in [5.41, 5.74) is 1.57. The molecule has 0 N–H and O–H groups in total. The van der Waals surface area contributed by atoms with E-state index < -0.39 is 0 Å². The number of allylic oxidation sites excluding steroid dienone is 1. The normalized spacial score (nSPS) is 42.3. The quantitative estimate of drug-likeness (QED) is 0.484. The molecule has 2 saturated carbocycles. The highest BCUT2D eigenvalue weighted by molar-refractivity contribution is 5.54. The van der Waals surface area contributed by atoms with Crippen molar-refractivity contribution in [1.29, 1.82) is 0 Å². The number of carbonyl (C=O) groups excluding carboxylic acids is 1. The Morgan fingerprint density at radius 3 is 2.82 bits per heavy atom. The fourth-order valence-corrected chi connectivity index (χ4v) is 2.65.